The van der Waals surface area contributed by atoms with E-state index in [2.05, 4.69) is 10.2 Å². The lowest BCUT2D eigenvalue weighted by molar-refractivity contribution is 1.05. The highest BCUT2D eigenvalue weighted by Crippen LogP contribution is 2.30. The zero-order valence-electron chi connectivity index (χ0n) is 10.3. The molecule has 92 valence electrons. The summed E-state index contributed by atoms with van der Waals surface area (Å²) in [4.78, 5) is 0. The van der Waals surface area contributed by atoms with Crippen molar-refractivity contribution in [2.45, 2.75) is 0 Å². The Labute approximate surface area is 111 Å². The third-order valence-electron chi connectivity index (χ3n) is 2.94. The number of anilines is 1. The molecule has 3 heteroatoms. The fraction of sp³-hybridized carbons (Fsp3) is 0. The van der Waals surface area contributed by atoms with Crippen LogP contribution in [0.2, 0.25) is 0 Å². The third-order valence-corrected chi connectivity index (χ3v) is 2.94. The van der Waals surface area contributed by atoms with Gasteiger partial charge in [-0.05, 0) is 11.6 Å². The molecule has 2 aromatic carbocycles. The fourth-order valence-electron chi connectivity index (χ4n) is 2.05. The van der Waals surface area contributed by atoms with Crippen molar-refractivity contribution in [3.8, 4) is 22.4 Å². The van der Waals surface area contributed by atoms with Gasteiger partial charge in [0, 0.05) is 11.1 Å². The Bertz CT molecular complexity index is 679. The van der Waals surface area contributed by atoms with Crippen LogP contribution in [-0.2, 0) is 0 Å². The molecule has 0 amide bonds. The molecule has 0 saturated heterocycles. The Kier molecular flexibility index (Phi) is 2.94. The number of nitrogen functional groups attached to an aromatic ring is 1. The van der Waals surface area contributed by atoms with Crippen LogP contribution in [0.15, 0.2) is 66.7 Å². The van der Waals surface area contributed by atoms with Gasteiger partial charge >= 0.3 is 0 Å². The first-order chi connectivity index (χ1) is 9.34. The molecule has 0 unspecified atom stereocenters. The maximum absolute atomic E-state index is 5.77. The molecule has 2 N–H and O–H groups in total. The van der Waals surface area contributed by atoms with Gasteiger partial charge in [-0.15, -0.1) is 10.2 Å². The lowest BCUT2D eigenvalue weighted by Crippen LogP contribution is -1.97. The zero-order valence-corrected chi connectivity index (χ0v) is 10.3. The predicted octanol–water partition coefficient (Wildman–Crippen LogP) is 3.39. The minimum Gasteiger partial charge on any atom is -0.382 e. The molecule has 0 radical (unpaired) electrons. The largest absolute Gasteiger partial charge is 0.382 e. The number of aromatic nitrogens is 2. The van der Waals surface area contributed by atoms with E-state index in [0.29, 0.717) is 5.82 Å². The molecule has 0 spiro atoms. The lowest BCUT2D eigenvalue weighted by Gasteiger charge is -2.08. The first kappa shape index (κ1) is 11.4. The Morgan fingerprint density at radius 3 is 1.89 bits per heavy atom. The molecule has 1 aromatic heterocycles. The van der Waals surface area contributed by atoms with Crippen molar-refractivity contribution in [1.29, 1.82) is 0 Å². The average molecular weight is 247 g/mol. The fourth-order valence-corrected chi connectivity index (χ4v) is 2.05. The number of nitrogens with two attached hydrogens (primary N) is 1. The Hall–Kier alpha value is -2.68. The summed E-state index contributed by atoms with van der Waals surface area (Å²) < 4.78 is 0. The van der Waals surface area contributed by atoms with Crippen molar-refractivity contribution in [2.24, 2.45) is 0 Å². The van der Waals surface area contributed by atoms with E-state index in [9.17, 15) is 0 Å². The van der Waals surface area contributed by atoms with Crippen molar-refractivity contribution in [3.05, 3.63) is 66.7 Å². The topological polar surface area (TPSA) is 51.8 Å². The number of hydrogen-bond acceptors (Lipinski definition) is 3. The summed E-state index contributed by atoms with van der Waals surface area (Å²) in [6, 6.07) is 21.9. The van der Waals surface area contributed by atoms with Crippen LogP contribution in [0.3, 0.4) is 0 Å². The maximum Gasteiger partial charge on any atom is 0.146 e. The van der Waals surface area contributed by atoms with Crippen molar-refractivity contribution >= 4 is 5.82 Å². The van der Waals surface area contributed by atoms with E-state index in [0.717, 1.165) is 22.4 Å². The zero-order chi connectivity index (χ0) is 13.1. The van der Waals surface area contributed by atoms with Gasteiger partial charge in [-0.3, -0.25) is 0 Å². The molecular weight excluding hydrogens is 234 g/mol. The van der Waals surface area contributed by atoms with E-state index in [-0.39, 0.29) is 0 Å². The first-order valence-corrected chi connectivity index (χ1v) is 6.08. The smallest absolute Gasteiger partial charge is 0.146 e. The second kappa shape index (κ2) is 4.90. The number of rotatable bonds is 2. The molecule has 0 bridgehead atoms. The van der Waals surface area contributed by atoms with E-state index >= 15 is 0 Å². The van der Waals surface area contributed by atoms with E-state index in [1.807, 2.05) is 66.7 Å². The van der Waals surface area contributed by atoms with E-state index in [1.54, 1.807) is 0 Å². The predicted molar refractivity (Wildman–Crippen MR) is 77.3 cm³/mol. The summed E-state index contributed by atoms with van der Waals surface area (Å²) in [6.45, 7) is 0. The highest BCUT2D eigenvalue weighted by atomic mass is 15.1. The van der Waals surface area contributed by atoms with Gasteiger partial charge in [-0.25, -0.2) is 0 Å². The van der Waals surface area contributed by atoms with Crippen LogP contribution in [0.4, 0.5) is 5.82 Å². The molecule has 0 aliphatic carbocycles. The first-order valence-electron chi connectivity index (χ1n) is 6.08. The SMILES string of the molecule is Nc1cc(-c2ccccc2)c(-c2ccccc2)nn1. The Morgan fingerprint density at radius 2 is 1.26 bits per heavy atom. The summed E-state index contributed by atoms with van der Waals surface area (Å²) in [5, 5.41) is 8.22. The quantitative estimate of drug-likeness (QED) is 0.755. The van der Waals surface area contributed by atoms with E-state index < -0.39 is 0 Å². The highest BCUT2D eigenvalue weighted by Gasteiger charge is 2.10. The van der Waals surface area contributed by atoms with Crippen molar-refractivity contribution in [3.63, 3.8) is 0 Å². The monoisotopic (exact) mass is 247 g/mol. The van der Waals surface area contributed by atoms with Gasteiger partial charge in [0.05, 0.1) is 0 Å². The van der Waals surface area contributed by atoms with Crippen LogP contribution in [0.5, 0.6) is 0 Å². The summed E-state index contributed by atoms with van der Waals surface area (Å²) >= 11 is 0. The van der Waals surface area contributed by atoms with Gasteiger partial charge in [0.1, 0.15) is 11.5 Å². The minimum atomic E-state index is 0.429. The Balaban J connectivity index is 2.21. The van der Waals surface area contributed by atoms with Crippen molar-refractivity contribution in [2.75, 3.05) is 5.73 Å². The molecule has 0 aliphatic heterocycles. The highest BCUT2D eigenvalue weighted by molar-refractivity contribution is 5.81. The molecular formula is C16H13N3. The molecule has 19 heavy (non-hydrogen) atoms. The summed E-state index contributed by atoms with van der Waals surface area (Å²) in [5.41, 5.74) is 9.74. The molecule has 1 heterocycles. The molecule has 3 rings (SSSR count). The van der Waals surface area contributed by atoms with E-state index in [4.69, 9.17) is 5.73 Å². The molecule has 0 atom stereocenters. The number of benzene rings is 2. The van der Waals surface area contributed by atoms with Crippen LogP contribution in [-0.4, -0.2) is 10.2 Å². The average Bonchev–Trinajstić information content (AvgIpc) is 2.49. The number of nitrogens with zero attached hydrogens (tertiary/aromatic N) is 2. The lowest BCUT2D eigenvalue weighted by atomic mass is 10.00. The van der Waals surface area contributed by atoms with E-state index in [1.165, 1.54) is 0 Å². The second-order valence-corrected chi connectivity index (χ2v) is 4.26. The van der Waals surface area contributed by atoms with Gasteiger partial charge in [0.15, 0.2) is 0 Å². The van der Waals surface area contributed by atoms with Gasteiger partial charge < -0.3 is 5.73 Å². The summed E-state index contributed by atoms with van der Waals surface area (Å²) in [7, 11) is 0. The molecule has 0 fully saturated rings. The van der Waals surface area contributed by atoms with Crippen LogP contribution in [0.1, 0.15) is 0 Å². The van der Waals surface area contributed by atoms with Crippen molar-refractivity contribution in [1.82, 2.24) is 10.2 Å². The minimum absolute atomic E-state index is 0.429. The van der Waals surface area contributed by atoms with Gasteiger partial charge in [-0.1, -0.05) is 60.7 Å². The van der Waals surface area contributed by atoms with Gasteiger partial charge in [-0.2, -0.15) is 0 Å². The third kappa shape index (κ3) is 2.31. The summed E-state index contributed by atoms with van der Waals surface area (Å²) in [6.07, 6.45) is 0. The normalized spacial score (nSPS) is 10.3. The molecule has 3 nitrogen and oxygen atoms in total. The maximum atomic E-state index is 5.77. The Morgan fingerprint density at radius 1 is 0.684 bits per heavy atom. The molecule has 3 aromatic rings. The van der Waals surface area contributed by atoms with Crippen LogP contribution in [0, 0.1) is 0 Å². The summed E-state index contributed by atoms with van der Waals surface area (Å²) in [5.74, 6) is 0.429. The van der Waals surface area contributed by atoms with Crippen LogP contribution < -0.4 is 5.73 Å². The number of hydrogen-bond donors (Lipinski definition) is 1. The van der Waals surface area contributed by atoms with Gasteiger partial charge in [0.25, 0.3) is 0 Å². The molecule has 0 saturated carbocycles. The van der Waals surface area contributed by atoms with Gasteiger partial charge in [0.2, 0.25) is 0 Å². The molecule has 0 aliphatic rings. The van der Waals surface area contributed by atoms with Crippen LogP contribution >= 0.6 is 0 Å². The van der Waals surface area contributed by atoms with Crippen molar-refractivity contribution < 1.29 is 0 Å². The standard InChI is InChI=1S/C16H13N3/c17-15-11-14(12-7-3-1-4-8-12)16(19-18-15)13-9-5-2-6-10-13/h1-11H,(H2,17,18). The van der Waals surface area contributed by atoms with Crippen LogP contribution in [0.25, 0.3) is 22.4 Å². The second-order valence-electron chi connectivity index (χ2n) is 4.26.